The summed E-state index contributed by atoms with van der Waals surface area (Å²) < 4.78 is 5.67. The number of aliphatic hydroxyl groups excluding tert-OH is 1. The molecule has 2 aromatic carbocycles. The van der Waals surface area contributed by atoms with Crippen molar-refractivity contribution in [1.29, 1.82) is 0 Å². The number of hydrogen-bond acceptors (Lipinski definition) is 4. The van der Waals surface area contributed by atoms with Gasteiger partial charge in [0.2, 0.25) is 5.91 Å². The van der Waals surface area contributed by atoms with E-state index in [1.54, 1.807) is 0 Å². The Kier molecular flexibility index (Phi) is 8.98. The van der Waals surface area contributed by atoms with Gasteiger partial charge in [0.05, 0.1) is 12.2 Å². The second kappa shape index (κ2) is 11.7. The van der Waals surface area contributed by atoms with Gasteiger partial charge in [-0.2, -0.15) is 0 Å². The second-order valence-corrected chi connectivity index (χ2v) is 6.75. The molecule has 0 aliphatic heterocycles. The van der Waals surface area contributed by atoms with E-state index in [4.69, 9.17) is 4.74 Å². The number of guanidine groups is 1. The SMILES string of the molecule is CCNC(=NCC(=O)Nc1ccccc1)NCC(O)c1cccc(OC(C)C)c1. The van der Waals surface area contributed by atoms with Crippen molar-refractivity contribution in [1.82, 2.24) is 10.6 Å². The molecule has 0 aliphatic rings. The Morgan fingerprint density at radius 3 is 2.55 bits per heavy atom. The molecule has 0 aromatic heterocycles. The van der Waals surface area contributed by atoms with Gasteiger partial charge >= 0.3 is 0 Å². The van der Waals surface area contributed by atoms with Crippen molar-refractivity contribution in [2.45, 2.75) is 33.0 Å². The zero-order chi connectivity index (χ0) is 21.1. The van der Waals surface area contributed by atoms with Gasteiger partial charge in [-0.05, 0) is 50.6 Å². The smallest absolute Gasteiger partial charge is 0.246 e. The third-order valence-electron chi connectivity index (χ3n) is 3.86. The number of para-hydroxylation sites is 1. The minimum Gasteiger partial charge on any atom is -0.491 e. The fraction of sp³-hybridized carbons (Fsp3) is 0.364. The number of rotatable bonds is 9. The summed E-state index contributed by atoms with van der Waals surface area (Å²) in [7, 11) is 0. The molecular formula is C22H30N4O3. The summed E-state index contributed by atoms with van der Waals surface area (Å²) in [6.07, 6.45) is -0.678. The number of carbonyl (C=O) groups is 1. The molecule has 2 rings (SSSR count). The minimum absolute atomic E-state index is 0.0297. The lowest BCUT2D eigenvalue weighted by atomic mass is 10.1. The van der Waals surface area contributed by atoms with E-state index in [1.807, 2.05) is 75.4 Å². The molecule has 0 saturated carbocycles. The van der Waals surface area contributed by atoms with E-state index in [1.165, 1.54) is 0 Å². The summed E-state index contributed by atoms with van der Waals surface area (Å²) in [4.78, 5) is 16.3. The zero-order valence-electron chi connectivity index (χ0n) is 17.2. The molecule has 1 amide bonds. The van der Waals surface area contributed by atoms with Gasteiger partial charge < -0.3 is 25.8 Å². The lowest BCUT2D eigenvalue weighted by Gasteiger charge is -2.17. The molecule has 0 bridgehead atoms. The first-order chi connectivity index (χ1) is 14.0. The summed E-state index contributed by atoms with van der Waals surface area (Å²) in [5, 5.41) is 19.4. The summed E-state index contributed by atoms with van der Waals surface area (Å²) in [6.45, 7) is 6.70. The lowest BCUT2D eigenvalue weighted by molar-refractivity contribution is -0.114. The van der Waals surface area contributed by atoms with E-state index < -0.39 is 6.10 Å². The lowest BCUT2D eigenvalue weighted by Crippen LogP contribution is -2.40. The second-order valence-electron chi connectivity index (χ2n) is 6.75. The number of anilines is 1. The van der Waals surface area contributed by atoms with Crippen molar-refractivity contribution >= 4 is 17.6 Å². The van der Waals surface area contributed by atoms with Gasteiger partial charge in [0.25, 0.3) is 0 Å². The summed E-state index contributed by atoms with van der Waals surface area (Å²) in [5.74, 6) is 0.964. The highest BCUT2D eigenvalue weighted by Crippen LogP contribution is 2.19. The number of carbonyl (C=O) groups excluding carboxylic acids is 1. The maximum absolute atomic E-state index is 12.1. The number of amides is 1. The monoisotopic (exact) mass is 398 g/mol. The van der Waals surface area contributed by atoms with Crippen molar-refractivity contribution in [3.05, 3.63) is 60.2 Å². The maximum atomic E-state index is 12.1. The molecule has 7 nitrogen and oxygen atoms in total. The largest absolute Gasteiger partial charge is 0.491 e. The Morgan fingerprint density at radius 1 is 1.10 bits per heavy atom. The van der Waals surface area contributed by atoms with Crippen LogP contribution in [0.4, 0.5) is 5.69 Å². The number of hydrogen-bond donors (Lipinski definition) is 4. The van der Waals surface area contributed by atoms with Crippen LogP contribution in [0.2, 0.25) is 0 Å². The van der Waals surface area contributed by atoms with Crippen molar-refractivity contribution in [3.63, 3.8) is 0 Å². The summed E-state index contributed by atoms with van der Waals surface area (Å²) in [5.41, 5.74) is 1.47. The van der Waals surface area contributed by atoms with Crippen molar-refractivity contribution < 1.29 is 14.6 Å². The molecule has 2 aromatic rings. The Morgan fingerprint density at radius 2 is 1.86 bits per heavy atom. The number of ether oxygens (including phenoxy) is 1. The van der Waals surface area contributed by atoms with Crippen molar-refractivity contribution in [3.8, 4) is 5.75 Å². The molecule has 1 atom stereocenters. The molecule has 156 valence electrons. The summed E-state index contributed by atoms with van der Waals surface area (Å²) >= 11 is 0. The average molecular weight is 399 g/mol. The van der Waals surface area contributed by atoms with Gasteiger partial charge in [-0.25, -0.2) is 4.99 Å². The van der Waals surface area contributed by atoms with Gasteiger partial charge in [0.1, 0.15) is 12.3 Å². The Bertz CT molecular complexity index is 794. The third-order valence-corrected chi connectivity index (χ3v) is 3.86. The highest BCUT2D eigenvalue weighted by atomic mass is 16.5. The van der Waals surface area contributed by atoms with E-state index in [0.29, 0.717) is 12.5 Å². The highest BCUT2D eigenvalue weighted by Gasteiger charge is 2.11. The highest BCUT2D eigenvalue weighted by molar-refractivity contribution is 5.94. The number of nitrogens with zero attached hydrogens (tertiary/aromatic N) is 1. The minimum atomic E-state index is -0.743. The fourth-order valence-electron chi connectivity index (χ4n) is 2.59. The molecule has 7 heteroatoms. The molecular weight excluding hydrogens is 368 g/mol. The van der Waals surface area contributed by atoms with E-state index in [9.17, 15) is 9.90 Å². The van der Waals surface area contributed by atoms with Gasteiger partial charge in [-0.15, -0.1) is 0 Å². The van der Waals surface area contributed by atoms with Crippen molar-refractivity contribution in [2.75, 3.05) is 25.0 Å². The molecule has 0 radical (unpaired) electrons. The first-order valence-corrected chi connectivity index (χ1v) is 9.79. The molecule has 0 aliphatic carbocycles. The number of aliphatic hydroxyl groups is 1. The molecule has 1 unspecified atom stereocenters. The molecule has 0 fully saturated rings. The van der Waals surface area contributed by atoms with Crippen LogP contribution in [0.1, 0.15) is 32.4 Å². The van der Waals surface area contributed by atoms with Gasteiger partial charge in [0, 0.05) is 18.8 Å². The predicted molar refractivity (Wildman–Crippen MR) is 116 cm³/mol. The van der Waals surface area contributed by atoms with Crippen LogP contribution in [-0.4, -0.2) is 42.7 Å². The predicted octanol–water partition coefficient (Wildman–Crippen LogP) is 2.70. The molecule has 0 heterocycles. The normalized spacial score (nSPS) is 12.4. The number of aliphatic imine (C=N–C) groups is 1. The molecule has 4 N–H and O–H groups in total. The van der Waals surface area contributed by atoms with Gasteiger partial charge in [0.15, 0.2) is 5.96 Å². The Hall–Kier alpha value is -3.06. The quantitative estimate of drug-likeness (QED) is 0.385. The molecule has 0 saturated heterocycles. The van der Waals surface area contributed by atoms with E-state index in [2.05, 4.69) is 20.9 Å². The van der Waals surface area contributed by atoms with Crippen LogP contribution < -0.4 is 20.7 Å². The fourth-order valence-corrected chi connectivity index (χ4v) is 2.59. The maximum Gasteiger partial charge on any atom is 0.246 e. The number of benzene rings is 2. The summed E-state index contributed by atoms with van der Waals surface area (Å²) in [6, 6.07) is 16.6. The van der Waals surface area contributed by atoms with E-state index in [-0.39, 0.29) is 25.1 Å². The van der Waals surface area contributed by atoms with Crippen molar-refractivity contribution in [2.24, 2.45) is 4.99 Å². The van der Waals surface area contributed by atoms with E-state index in [0.717, 1.165) is 17.0 Å². The first-order valence-electron chi connectivity index (χ1n) is 9.79. The van der Waals surface area contributed by atoms with Crippen LogP contribution >= 0.6 is 0 Å². The van der Waals surface area contributed by atoms with Crippen LogP contribution in [0.3, 0.4) is 0 Å². The molecule has 0 spiro atoms. The van der Waals surface area contributed by atoms with Crippen LogP contribution in [0, 0.1) is 0 Å². The van der Waals surface area contributed by atoms with Gasteiger partial charge in [-0.1, -0.05) is 30.3 Å². The van der Waals surface area contributed by atoms with E-state index >= 15 is 0 Å². The third kappa shape index (κ3) is 8.23. The van der Waals surface area contributed by atoms with Crippen LogP contribution in [0.5, 0.6) is 5.75 Å². The van der Waals surface area contributed by atoms with Crippen LogP contribution in [0.25, 0.3) is 0 Å². The Balaban J connectivity index is 1.90. The van der Waals surface area contributed by atoms with Crippen LogP contribution in [0.15, 0.2) is 59.6 Å². The molecule has 29 heavy (non-hydrogen) atoms. The Labute approximate surface area is 172 Å². The standard InChI is InChI=1S/C22H30N4O3/c1-4-23-22(25-15-21(28)26-18-10-6-5-7-11-18)24-14-20(27)17-9-8-12-19(13-17)29-16(2)3/h5-13,16,20,27H,4,14-15H2,1-3H3,(H,26,28)(H2,23,24,25). The number of nitrogens with one attached hydrogen (secondary N) is 3. The zero-order valence-corrected chi connectivity index (χ0v) is 17.2. The average Bonchev–Trinajstić information content (AvgIpc) is 2.70. The van der Waals surface area contributed by atoms with Crippen LogP contribution in [-0.2, 0) is 4.79 Å². The topological polar surface area (TPSA) is 95.0 Å². The van der Waals surface area contributed by atoms with Gasteiger partial charge in [-0.3, -0.25) is 4.79 Å². The first kappa shape index (κ1) is 22.2.